The molecule has 6 heteroatoms. The van der Waals surface area contributed by atoms with Crippen LogP contribution in [0, 0.1) is 6.92 Å². The predicted octanol–water partition coefficient (Wildman–Crippen LogP) is 2.06. The van der Waals surface area contributed by atoms with E-state index in [0.29, 0.717) is 19.4 Å². The Balaban J connectivity index is 1.82. The number of benzene rings is 1. The summed E-state index contributed by atoms with van der Waals surface area (Å²) in [6, 6.07) is 7.58. The molecular weight excluding hydrogens is 306 g/mol. The fourth-order valence-corrected chi connectivity index (χ4v) is 2.73. The number of nitrogens with zero attached hydrogens (tertiary/aromatic N) is 2. The Morgan fingerprint density at radius 1 is 1.25 bits per heavy atom. The second-order valence-electron chi connectivity index (χ2n) is 6.79. The van der Waals surface area contributed by atoms with Gasteiger partial charge in [-0.15, -0.1) is 0 Å². The van der Waals surface area contributed by atoms with E-state index in [0.717, 1.165) is 11.1 Å². The minimum Gasteiger partial charge on any atom is -0.341 e. The second kappa shape index (κ2) is 7.03. The van der Waals surface area contributed by atoms with Crippen molar-refractivity contribution in [2.45, 2.75) is 45.7 Å². The number of carbonyl (C=O) groups excluding carboxylic acids is 3. The van der Waals surface area contributed by atoms with E-state index >= 15 is 0 Å². The number of nitrogens with one attached hydrogen (secondary N) is 1. The zero-order valence-electron chi connectivity index (χ0n) is 14.8. The Morgan fingerprint density at radius 2 is 1.92 bits per heavy atom. The molecule has 1 fully saturated rings. The van der Waals surface area contributed by atoms with Gasteiger partial charge in [-0.3, -0.25) is 14.5 Å². The van der Waals surface area contributed by atoms with Crippen molar-refractivity contribution in [3.8, 4) is 0 Å². The first kappa shape index (κ1) is 18.0. The molecule has 6 nitrogen and oxygen atoms in total. The van der Waals surface area contributed by atoms with Crippen LogP contribution in [-0.2, 0) is 16.1 Å². The summed E-state index contributed by atoms with van der Waals surface area (Å²) in [6.07, 6.45) is 0.770. The molecule has 0 spiro atoms. The number of amides is 4. The summed E-state index contributed by atoms with van der Waals surface area (Å²) >= 11 is 0. The van der Waals surface area contributed by atoms with Crippen molar-refractivity contribution in [3.63, 3.8) is 0 Å². The Kier molecular flexibility index (Phi) is 5.26. The SMILES string of the molecule is Cc1ccccc1CN(C)C(=O)CCCN1C(=O)NC(C)(C)C1=O. The van der Waals surface area contributed by atoms with Crippen molar-refractivity contribution in [2.24, 2.45) is 0 Å². The Labute approximate surface area is 142 Å². The van der Waals surface area contributed by atoms with Gasteiger partial charge in [0.2, 0.25) is 5.91 Å². The minimum absolute atomic E-state index is 0.00423. The number of imide groups is 1. The molecule has 24 heavy (non-hydrogen) atoms. The molecule has 0 aromatic heterocycles. The number of urea groups is 1. The summed E-state index contributed by atoms with van der Waals surface area (Å²) in [6.45, 7) is 6.19. The normalized spacial score (nSPS) is 16.2. The number of carbonyl (C=O) groups is 3. The fraction of sp³-hybridized carbons (Fsp3) is 0.500. The third kappa shape index (κ3) is 3.93. The first-order chi connectivity index (χ1) is 11.2. The second-order valence-corrected chi connectivity index (χ2v) is 6.79. The van der Waals surface area contributed by atoms with Crippen LogP contribution in [0.25, 0.3) is 0 Å². The average molecular weight is 331 g/mol. The van der Waals surface area contributed by atoms with Crippen LogP contribution in [0.5, 0.6) is 0 Å². The maximum absolute atomic E-state index is 12.2. The fourth-order valence-electron chi connectivity index (χ4n) is 2.73. The molecule has 0 atom stereocenters. The smallest absolute Gasteiger partial charge is 0.325 e. The first-order valence-corrected chi connectivity index (χ1v) is 8.15. The molecule has 1 saturated heterocycles. The summed E-state index contributed by atoms with van der Waals surface area (Å²) in [5.74, 6) is -0.238. The zero-order valence-corrected chi connectivity index (χ0v) is 14.8. The van der Waals surface area contributed by atoms with Crippen LogP contribution in [0.2, 0.25) is 0 Å². The summed E-state index contributed by atoms with van der Waals surface area (Å²) in [5.41, 5.74) is 1.41. The molecule has 130 valence electrons. The Morgan fingerprint density at radius 3 is 2.50 bits per heavy atom. The summed E-state index contributed by atoms with van der Waals surface area (Å²) in [5, 5.41) is 2.63. The molecular formula is C18H25N3O3. The van der Waals surface area contributed by atoms with E-state index in [9.17, 15) is 14.4 Å². The molecule has 1 N–H and O–H groups in total. The van der Waals surface area contributed by atoms with Gasteiger partial charge in [-0.2, -0.15) is 0 Å². The number of rotatable bonds is 6. The highest BCUT2D eigenvalue weighted by atomic mass is 16.2. The van der Waals surface area contributed by atoms with Crippen molar-refractivity contribution in [1.29, 1.82) is 0 Å². The van der Waals surface area contributed by atoms with Gasteiger partial charge in [0.15, 0.2) is 0 Å². The molecule has 4 amide bonds. The summed E-state index contributed by atoms with van der Waals surface area (Å²) < 4.78 is 0. The predicted molar refractivity (Wildman–Crippen MR) is 91.2 cm³/mol. The van der Waals surface area contributed by atoms with Gasteiger partial charge in [0, 0.05) is 26.6 Å². The lowest BCUT2D eigenvalue weighted by Gasteiger charge is -2.19. The number of hydrogen-bond donors (Lipinski definition) is 1. The number of aryl methyl sites for hydroxylation is 1. The van der Waals surface area contributed by atoms with Gasteiger partial charge < -0.3 is 10.2 Å². The average Bonchev–Trinajstić information content (AvgIpc) is 2.70. The van der Waals surface area contributed by atoms with Crippen molar-refractivity contribution in [1.82, 2.24) is 15.1 Å². The van der Waals surface area contributed by atoms with Crippen LogP contribution in [0.4, 0.5) is 4.79 Å². The Bertz CT molecular complexity index is 655. The van der Waals surface area contributed by atoms with Crippen molar-refractivity contribution in [3.05, 3.63) is 35.4 Å². The third-order valence-corrected chi connectivity index (χ3v) is 4.31. The topological polar surface area (TPSA) is 69.7 Å². The molecule has 1 aromatic carbocycles. The van der Waals surface area contributed by atoms with Crippen LogP contribution in [-0.4, -0.2) is 46.8 Å². The highest BCUT2D eigenvalue weighted by Gasteiger charge is 2.43. The maximum Gasteiger partial charge on any atom is 0.325 e. The van der Waals surface area contributed by atoms with Gasteiger partial charge >= 0.3 is 6.03 Å². The van der Waals surface area contributed by atoms with E-state index in [4.69, 9.17) is 0 Å². The van der Waals surface area contributed by atoms with Gasteiger partial charge in [-0.25, -0.2) is 4.79 Å². The molecule has 2 rings (SSSR count). The van der Waals surface area contributed by atoms with Crippen LogP contribution in [0.15, 0.2) is 24.3 Å². The minimum atomic E-state index is -0.858. The van der Waals surface area contributed by atoms with Gasteiger partial charge in [-0.1, -0.05) is 24.3 Å². The van der Waals surface area contributed by atoms with Crippen LogP contribution >= 0.6 is 0 Å². The molecule has 1 heterocycles. The first-order valence-electron chi connectivity index (χ1n) is 8.15. The Hall–Kier alpha value is -2.37. The molecule has 1 aliphatic rings. The molecule has 0 radical (unpaired) electrons. The zero-order chi connectivity index (χ0) is 17.9. The highest BCUT2D eigenvalue weighted by Crippen LogP contribution is 2.17. The van der Waals surface area contributed by atoms with Crippen molar-refractivity contribution >= 4 is 17.8 Å². The lowest BCUT2D eigenvalue weighted by molar-refractivity contribution is -0.132. The van der Waals surface area contributed by atoms with Crippen molar-refractivity contribution in [2.75, 3.05) is 13.6 Å². The van der Waals surface area contributed by atoms with Gasteiger partial charge in [0.25, 0.3) is 5.91 Å². The van der Waals surface area contributed by atoms with E-state index in [1.165, 1.54) is 4.90 Å². The molecule has 1 aliphatic heterocycles. The standard InChI is InChI=1S/C18H25N3O3/c1-13-8-5-6-9-14(13)12-20(4)15(22)10-7-11-21-16(23)18(2,3)19-17(21)24/h5-6,8-9H,7,10-12H2,1-4H3,(H,19,24). The van der Waals surface area contributed by atoms with Crippen LogP contribution in [0.3, 0.4) is 0 Å². The van der Waals surface area contributed by atoms with Gasteiger partial charge in [-0.05, 0) is 38.3 Å². The molecule has 1 aromatic rings. The molecule has 0 bridgehead atoms. The van der Waals surface area contributed by atoms with Gasteiger partial charge in [0.1, 0.15) is 5.54 Å². The quantitative estimate of drug-likeness (QED) is 0.811. The largest absolute Gasteiger partial charge is 0.341 e. The van der Waals surface area contributed by atoms with Crippen LogP contribution in [0.1, 0.15) is 37.8 Å². The van der Waals surface area contributed by atoms with E-state index in [-0.39, 0.29) is 24.4 Å². The van der Waals surface area contributed by atoms with E-state index < -0.39 is 5.54 Å². The molecule has 0 aliphatic carbocycles. The van der Waals surface area contributed by atoms with E-state index in [1.54, 1.807) is 25.8 Å². The maximum atomic E-state index is 12.2. The summed E-state index contributed by atoms with van der Waals surface area (Å²) in [4.78, 5) is 39.0. The van der Waals surface area contributed by atoms with Gasteiger partial charge in [0.05, 0.1) is 0 Å². The molecule has 0 unspecified atom stereocenters. The summed E-state index contributed by atoms with van der Waals surface area (Å²) in [7, 11) is 1.77. The van der Waals surface area contributed by atoms with E-state index in [1.807, 2.05) is 31.2 Å². The monoisotopic (exact) mass is 331 g/mol. The van der Waals surface area contributed by atoms with E-state index in [2.05, 4.69) is 5.32 Å². The van der Waals surface area contributed by atoms with Crippen LogP contribution < -0.4 is 5.32 Å². The van der Waals surface area contributed by atoms with Crippen molar-refractivity contribution < 1.29 is 14.4 Å². The lowest BCUT2D eigenvalue weighted by atomic mass is 10.1. The third-order valence-electron chi connectivity index (χ3n) is 4.31. The number of hydrogen-bond acceptors (Lipinski definition) is 3. The molecule has 0 saturated carbocycles. The highest BCUT2D eigenvalue weighted by molar-refractivity contribution is 6.06. The lowest BCUT2D eigenvalue weighted by Crippen LogP contribution is -2.40.